The van der Waals surface area contributed by atoms with Crippen LogP contribution in [-0.4, -0.2) is 49.2 Å². The van der Waals surface area contributed by atoms with Crippen LogP contribution in [0.3, 0.4) is 0 Å². The number of nitrogens with zero attached hydrogens (tertiary/aromatic N) is 1. The average Bonchev–Trinajstić information content (AvgIpc) is 2.62. The molecular weight excluding hydrogens is 240 g/mol. The van der Waals surface area contributed by atoms with Gasteiger partial charge in [0, 0.05) is 31.2 Å². The molecule has 2 atom stereocenters. The molecular formula is C15H28N2O2. The topological polar surface area (TPSA) is 41.6 Å². The number of ether oxygens (including phenoxy) is 1. The Hall–Kier alpha value is -0.610. The highest BCUT2D eigenvalue weighted by Gasteiger charge is 2.31. The Morgan fingerprint density at radius 1 is 1.26 bits per heavy atom. The summed E-state index contributed by atoms with van der Waals surface area (Å²) in [5.41, 5.74) is 0. The van der Waals surface area contributed by atoms with Gasteiger partial charge in [-0.3, -0.25) is 9.69 Å². The molecule has 1 heterocycles. The molecule has 1 aliphatic carbocycles. The van der Waals surface area contributed by atoms with Gasteiger partial charge in [0.05, 0.1) is 13.5 Å². The fourth-order valence-corrected chi connectivity index (χ4v) is 3.44. The van der Waals surface area contributed by atoms with E-state index >= 15 is 0 Å². The maximum atomic E-state index is 11.6. The Bertz CT molecular complexity index is 290. The maximum absolute atomic E-state index is 11.6. The van der Waals surface area contributed by atoms with Crippen LogP contribution in [0.15, 0.2) is 0 Å². The molecule has 1 aliphatic heterocycles. The van der Waals surface area contributed by atoms with Crippen molar-refractivity contribution in [2.45, 2.75) is 70.0 Å². The molecule has 19 heavy (non-hydrogen) atoms. The van der Waals surface area contributed by atoms with E-state index in [1.165, 1.54) is 45.6 Å². The first-order chi connectivity index (χ1) is 9.20. The molecule has 2 fully saturated rings. The molecule has 0 spiro atoms. The molecule has 0 radical (unpaired) electrons. The van der Waals surface area contributed by atoms with Crippen molar-refractivity contribution in [2.24, 2.45) is 0 Å². The predicted molar refractivity (Wildman–Crippen MR) is 76.1 cm³/mol. The van der Waals surface area contributed by atoms with Crippen LogP contribution in [0.2, 0.25) is 0 Å². The molecule has 4 heteroatoms. The standard InChI is InChI=1S/C15H28N2O2/c1-12-8-9-17(13-6-4-3-5-7-13)14(11-16-12)10-15(18)19-2/h12-14,16H,3-11H2,1-2H3. The van der Waals surface area contributed by atoms with E-state index in [1.807, 2.05) is 0 Å². The predicted octanol–water partition coefficient (Wildman–Crippen LogP) is 1.93. The lowest BCUT2D eigenvalue weighted by molar-refractivity contribution is -0.142. The smallest absolute Gasteiger partial charge is 0.307 e. The van der Waals surface area contributed by atoms with Gasteiger partial charge < -0.3 is 10.1 Å². The van der Waals surface area contributed by atoms with Crippen LogP contribution < -0.4 is 5.32 Å². The van der Waals surface area contributed by atoms with E-state index in [2.05, 4.69) is 17.1 Å². The van der Waals surface area contributed by atoms with Crippen LogP contribution in [0.4, 0.5) is 0 Å². The summed E-state index contributed by atoms with van der Waals surface area (Å²) in [6, 6.07) is 1.53. The number of hydrogen-bond donors (Lipinski definition) is 1. The second-order valence-electron chi connectivity index (χ2n) is 6.06. The van der Waals surface area contributed by atoms with Gasteiger partial charge in [0.15, 0.2) is 0 Å². The Balaban J connectivity index is 2.02. The van der Waals surface area contributed by atoms with E-state index in [4.69, 9.17) is 4.74 Å². The number of rotatable bonds is 3. The van der Waals surface area contributed by atoms with Crippen molar-refractivity contribution >= 4 is 5.97 Å². The third-order valence-corrected chi connectivity index (χ3v) is 4.66. The average molecular weight is 268 g/mol. The summed E-state index contributed by atoms with van der Waals surface area (Å²) in [5.74, 6) is -0.0813. The van der Waals surface area contributed by atoms with Crippen molar-refractivity contribution < 1.29 is 9.53 Å². The Morgan fingerprint density at radius 3 is 2.68 bits per heavy atom. The van der Waals surface area contributed by atoms with E-state index in [9.17, 15) is 4.79 Å². The fourth-order valence-electron chi connectivity index (χ4n) is 3.44. The molecule has 1 saturated heterocycles. The maximum Gasteiger partial charge on any atom is 0.307 e. The van der Waals surface area contributed by atoms with E-state index in [-0.39, 0.29) is 5.97 Å². The van der Waals surface area contributed by atoms with Gasteiger partial charge in [0.1, 0.15) is 0 Å². The van der Waals surface area contributed by atoms with Crippen LogP contribution >= 0.6 is 0 Å². The van der Waals surface area contributed by atoms with Gasteiger partial charge in [-0.15, -0.1) is 0 Å². The summed E-state index contributed by atoms with van der Waals surface area (Å²) in [6.45, 7) is 4.26. The molecule has 110 valence electrons. The largest absolute Gasteiger partial charge is 0.469 e. The van der Waals surface area contributed by atoms with Crippen LogP contribution in [0.25, 0.3) is 0 Å². The van der Waals surface area contributed by atoms with Crippen LogP contribution in [-0.2, 0) is 9.53 Å². The van der Waals surface area contributed by atoms with Crippen molar-refractivity contribution in [3.63, 3.8) is 0 Å². The summed E-state index contributed by atoms with van der Waals surface area (Å²) < 4.78 is 4.86. The zero-order chi connectivity index (χ0) is 13.7. The first-order valence-corrected chi connectivity index (χ1v) is 7.76. The third-order valence-electron chi connectivity index (χ3n) is 4.66. The van der Waals surface area contributed by atoms with Crippen molar-refractivity contribution in [1.82, 2.24) is 10.2 Å². The fraction of sp³-hybridized carbons (Fsp3) is 0.933. The molecule has 4 nitrogen and oxygen atoms in total. The Kier molecular flexibility index (Phi) is 5.64. The monoisotopic (exact) mass is 268 g/mol. The minimum atomic E-state index is -0.0813. The minimum absolute atomic E-state index is 0.0813. The lowest BCUT2D eigenvalue weighted by Crippen LogP contribution is -2.48. The molecule has 2 rings (SSSR count). The van der Waals surface area contributed by atoms with Gasteiger partial charge in [-0.25, -0.2) is 0 Å². The quantitative estimate of drug-likeness (QED) is 0.794. The highest BCUT2D eigenvalue weighted by Crippen LogP contribution is 2.26. The van der Waals surface area contributed by atoms with Gasteiger partial charge in [0.2, 0.25) is 0 Å². The summed E-state index contributed by atoms with van der Waals surface area (Å²) in [5, 5.41) is 3.54. The van der Waals surface area contributed by atoms with Crippen molar-refractivity contribution in [3.05, 3.63) is 0 Å². The highest BCUT2D eigenvalue weighted by atomic mass is 16.5. The van der Waals surface area contributed by atoms with E-state index in [0.717, 1.165) is 13.1 Å². The Labute approximate surface area is 116 Å². The summed E-state index contributed by atoms with van der Waals surface area (Å²) in [7, 11) is 1.49. The number of hydrogen-bond acceptors (Lipinski definition) is 4. The molecule has 2 unspecified atom stereocenters. The summed E-state index contributed by atoms with van der Waals surface area (Å²) in [6.07, 6.45) is 8.35. The highest BCUT2D eigenvalue weighted by molar-refractivity contribution is 5.70. The van der Waals surface area contributed by atoms with Gasteiger partial charge in [0.25, 0.3) is 0 Å². The van der Waals surface area contributed by atoms with Gasteiger partial charge in [-0.2, -0.15) is 0 Å². The lowest BCUT2D eigenvalue weighted by Gasteiger charge is -2.38. The van der Waals surface area contributed by atoms with Crippen molar-refractivity contribution in [3.8, 4) is 0 Å². The number of esters is 1. The van der Waals surface area contributed by atoms with Crippen LogP contribution in [0.5, 0.6) is 0 Å². The molecule has 0 aromatic carbocycles. The molecule has 1 saturated carbocycles. The van der Waals surface area contributed by atoms with Gasteiger partial charge in [-0.1, -0.05) is 19.3 Å². The van der Waals surface area contributed by atoms with Crippen LogP contribution in [0, 0.1) is 0 Å². The SMILES string of the molecule is COC(=O)CC1CNC(C)CCN1C1CCCCC1. The molecule has 0 aromatic heterocycles. The number of carbonyl (C=O) groups excluding carboxylic acids is 1. The zero-order valence-corrected chi connectivity index (χ0v) is 12.4. The first-order valence-electron chi connectivity index (χ1n) is 7.76. The van der Waals surface area contributed by atoms with E-state index in [1.54, 1.807) is 0 Å². The minimum Gasteiger partial charge on any atom is -0.469 e. The second kappa shape index (κ2) is 7.25. The zero-order valence-electron chi connectivity index (χ0n) is 12.4. The third kappa shape index (κ3) is 4.18. The molecule has 0 aromatic rings. The first kappa shape index (κ1) is 14.8. The van der Waals surface area contributed by atoms with Crippen molar-refractivity contribution in [2.75, 3.05) is 20.2 Å². The Morgan fingerprint density at radius 2 is 2.00 bits per heavy atom. The number of nitrogens with one attached hydrogen (secondary N) is 1. The second-order valence-corrected chi connectivity index (χ2v) is 6.06. The number of carbonyl (C=O) groups is 1. The van der Waals surface area contributed by atoms with Gasteiger partial charge in [-0.05, 0) is 26.2 Å². The van der Waals surface area contributed by atoms with Crippen LogP contribution in [0.1, 0.15) is 51.9 Å². The molecule has 1 N–H and O–H groups in total. The van der Waals surface area contributed by atoms with E-state index in [0.29, 0.717) is 24.5 Å². The molecule has 0 amide bonds. The van der Waals surface area contributed by atoms with E-state index < -0.39 is 0 Å². The summed E-state index contributed by atoms with van der Waals surface area (Å²) in [4.78, 5) is 14.2. The molecule has 2 aliphatic rings. The van der Waals surface area contributed by atoms with Crippen molar-refractivity contribution in [1.29, 1.82) is 0 Å². The lowest BCUT2D eigenvalue weighted by atomic mass is 9.92. The number of methoxy groups -OCH3 is 1. The molecule has 0 bridgehead atoms. The summed E-state index contributed by atoms with van der Waals surface area (Å²) >= 11 is 0. The normalized spacial score (nSPS) is 30.8. The van der Waals surface area contributed by atoms with Gasteiger partial charge >= 0.3 is 5.97 Å².